The molecule has 0 radical (unpaired) electrons. The van der Waals surface area contributed by atoms with Gasteiger partial charge in [0.15, 0.2) is 6.29 Å². The van der Waals surface area contributed by atoms with E-state index < -0.39 is 24.5 Å². The van der Waals surface area contributed by atoms with Crippen molar-refractivity contribution in [3.05, 3.63) is 0 Å². The molecule has 1 heterocycles. The second-order valence-corrected chi connectivity index (χ2v) is 4.20. The van der Waals surface area contributed by atoms with E-state index in [9.17, 15) is 10.2 Å². The lowest BCUT2D eigenvalue weighted by atomic mass is 10.0. The Morgan fingerprint density at radius 2 is 2.00 bits per heavy atom. The second kappa shape index (κ2) is 4.16. The van der Waals surface area contributed by atoms with Crippen LogP contribution in [0.4, 0.5) is 0 Å². The summed E-state index contributed by atoms with van der Waals surface area (Å²) in [4.78, 5) is 0. The molecule has 0 spiro atoms. The number of hydrogen-bond acceptors (Lipinski definition) is 5. The molecule has 1 fully saturated rings. The Morgan fingerprint density at radius 1 is 1.42 bits per heavy atom. The number of ether oxygens (including phenoxy) is 1. The molecule has 12 heavy (non-hydrogen) atoms. The lowest BCUT2D eigenvalue weighted by molar-refractivity contribution is -0.211. The zero-order chi connectivity index (χ0) is 9.30. The summed E-state index contributed by atoms with van der Waals surface area (Å²) in [6, 6.07) is -0.608. The summed E-state index contributed by atoms with van der Waals surface area (Å²) in [6.07, 6.45) is -2.66. The van der Waals surface area contributed by atoms with Gasteiger partial charge in [-0.05, 0) is 0 Å². The number of nitrogens with two attached hydrogens (primary N) is 1. The number of aliphatic hydroxyl groups excluding tert-OH is 3. The summed E-state index contributed by atoms with van der Waals surface area (Å²) in [5, 5.41) is 27.4. The van der Waals surface area contributed by atoms with Crippen molar-refractivity contribution in [3.8, 4) is 0 Å². The Kier molecular flexibility index (Phi) is 3.68. The van der Waals surface area contributed by atoms with Crippen LogP contribution in [0.25, 0.3) is 0 Å². The van der Waals surface area contributed by atoms with Crippen molar-refractivity contribution in [2.75, 3.05) is 6.61 Å². The van der Waals surface area contributed by atoms with Crippen LogP contribution in [0.15, 0.2) is 0 Å². The van der Waals surface area contributed by atoms with Crippen molar-refractivity contribution < 1.29 is 20.1 Å². The Hall–Kier alpha value is 0.530. The third-order valence-corrected chi connectivity index (χ3v) is 3.47. The topological polar surface area (TPSA) is 95.9 Å². The van der Waals surface area contributed by atoms with E-state index in [0.29, 0.717) is 0 Å². The van der Waals surface area contributed by atoms with Gasteiger partial charge in [0.2, 0.25) is 0 Å². The van der Waals surface area contributed by atoms with Crippen LogP contribution in [0.5, 0.6) is 0 Å². The predicted molar refractivity (Wildman–Crippen MR) is 49.8 cm³/mol. The third kappa shape index (κ3) is 1.88. The normalized spacial score (nSPS) is 49.2. The van der Waals surface area contributed by atoms with Crippen LogP contribution in [0, 0.1) is 0 Å². The number of halogens is 1. The molecule has 0 aromatic rings. The van der Waals surface area contributed by atoms with Gasteiger partial charge >= 0.3 is 0 Å². The average Bonchev–Trinajstić information content (AvgIpc) is 2.08. The van der Waals surface area contributed by atoms with E-state index in [0.717, 1.165) is 0 Å². The smallest absolute Gasteiger partial charge is 0.171 e. The van der Waals surface area contributed by atoms with Crippen molar-refractivity contribution in [3.63, 3.8) is 0 Å². The minimum atomic E-state index is -1.10. The molecule has 5 nitrogen and oxygen atoms in total. The van der Waals surface area contributed by atoms with Gasteiger partial charge in [-0.1, -0.05) is 22.6 Å². The van der Waals surface area contributed by atoms with Crippen molar-refractivity contribution in [2.45, 2.75) is 28.5 Å². The molecule has 0 saturated carbocycles. The Labute approximate surface area is 83.7 Å². The molecule has 5 atom stereocenters. The third-order valence-electron chi connectivity index (χ3n) is 1.90. The molecule has 0 aromatic heterocycles. The summed E-state index contributed by atoms with van der Waals surface area (Å²) in [7, 11) is 0. The van der Waals surface area contributed by atoms with E-state index in [4.69, 9.17) is 15.6 Å². The lowest BCUT2D eigenvalue weighted by Gasteiger charge is -2.38. The first-order valence-electron chi connectivity index (χ1n) is 3.60. The van der Waals surface area contributed by atoms with E-state index in [2.05, 4.69) is 0 Å². The predicted octanol–water partition coefficient (Wildman–Crippen LogP) is -1.81. The first kappa shape index (κ1) is 10.6. The molecule has 1 aliphatic rings. The van der Waals surface area contributed by atoms with Crippen molar-refractivity contribution in [1.82, 2.24) is 0 Å². The minimum absolute atomic E-state index is 0.302. The molecule has 6 heteroatoms. The maximum Gasteiger partial charge on any atom is 0.171 e. The molecule has 0 bridgehead atoms. The standard InChI is InChI=1S/C6H12INO4/c7-3-4(8)6(11)12-2(1-9)5(3)10/h2-6,9-11H,1,8H2/t2-,3-,4+,5-,6?/m1/s1. The summed E-state index contributed by atoms with van der Waals surface area (Å²) in [5.41, 5.74) is 5.50. The lowest BCUT2D eigenvalue weighted by Crippen LogP contribution is -2.59. The van der Waals surface area contributed by atoms with Crippen LogP contribution in [0.2, 0.25) is 0 Å². The molecule has 1 saturated heterocycles. The van der Waals surface area contributed by atoms with Gasteiger partial charge in [-0.2, -0.15) is 0 Å². The first-order valence-corrected chi connectivity index (χ1v) is 4.84. The number of hydrogen-bond donors (Lipinski definition) is 4. The molecule has 72 valence electrons. The molecule has 0 aromatic carbocycles. The van der Waals surface area contributed by atoms with Crippen LogP contribution >= 0.6 is 22.6 Å². The van der Waals surface area contributed by atoms with E-state index in [-0.39, 0.29) is 10.5 Å². The van der Waals surface area contributed by atoms with Crippen LogP contribution in [0.3, 0.4) is 0 Å². The second-order valence-electron chi connectivity index (χ2n) is 2.76. The van der Waals surface area contributed by atoms with Gasteiger partial charge in [0.1, 0.15) is 6.10 Å². The molecule has 0 amide bonds. The van der Waals surface area contributed by atoms with E-state index in [1.54, 1.807) is 0 Å². The molecule has 0 aliphatic carbocycles. The van der Waals surface area contributed by atoms with Crippen LogP contribution in [-0.4, -0.2) is 50.4 Å². The first-order chi connectivity index (χ1) is 5.57. The van der Waals surface area contributed by atoms with Gasteiger partial charge in [-0.3, -0.25) is 0 Å². The summed E-state index contributed by atoms with van der Waals surface area (Å²) in [6.45, 7) is -0.315. The Morgan fingerprint density at radius 3 is 2.50 bits per heavy atom. The Bertz CT molecular complexity index is 154. The SMILES string of the molecule is N[C@@H]1C(O)O[C@H](CO)[C@@H](O)[C@@H]1I. The fourth-order valence-corrected chi connectivity index (χ4v) is 1.91. The van der Waals surface area contributed by atoms with Gasteiger partial charge < -0.3 is 25.8 Å². The zero-order valence-electron chi connectivity index (χ0n) is 6.30. The number of alkyl halides is 1. The molecular weight excluding hydrogens is 277 g/mol. The quantitative estimate of drug-likeness (QED) is 0.337. The zero-order valence-corrected chi connectivity index (χ0v) is 8.46. The van der Waals surface area contributed by atoms with E-state index in [1.165, 1.54) is 0 Å². The highest BCUT2D eigenvalue weighted by molar-refractivity contribution is 14.1. The van der Waals surface area contributed by atoms with Gasteiger partial charge in [-0.15, -0.1) is 0 Å². The number of rotatable bonds is 1. The fourth-order valence-electron chi connectivity index (χ4n) is 1.09. The molecule has 1 unspecified atom stereocenters. The van der Waals surface area contributed by atoms with Gasteiger partial charge in [0.05, 0.1) is 22.7 Å². The van der Waals surface area contributed by atoms with E-state index in [1.807, 2.05) is 22.6 Å². The number of aliphatic hydroxyl groups is 3. The highest BCUT2D eigenvalue weighted by Crippen LogP contribution is 2.24. The maximum atomic E-state index is 9.44. The van der Waals surface area contributed by atoms with Gasteiger partial charge in [0.25, 0.3) is 0 Å². The van der Waals surface area contributed by atoms with Crippen LogP contribution < -0.4 is 5.73 Å². The fraction of sp³-hybridized carbons (Fsp3) is 1.00. The summed E-state index contributed by atoms with van der Waals surface area (Å²) < 4.78 is 4.55. The average molecular weight is 289 g/mol. The van der Waals surface area contributed by atoms with Crippen molar-refractivity contribution in [1.29, 1.82) is 0 Å². The summed E-state index contributed by atoms with van der Waals surface area (Å²) in [5.74, 6) is 0. The summed E-state index contributed by atoms with van der Waals surface area (Å²) >= 11 is 1.94. The molecule has 1 rings (SSSR count). The minimum Gasteiger partial charge on any atom is -0.394 e. The monoisotopic (exact) mass is 289 g/mol. The molecular formula is C6H12INO4. The highest BCUT2D eigenvalue weighted by Gasteiger charge is 2.40. The van der Waals surface area contributed by atoms with Crippen LogP contribution in [-0.2, 0) is 4.74 Å². The van der Waals surface area contributed by atoms with Gasteiger partial charge in [0, 0.05) is 0 Å². The van der Waals surface area contributed by atoms with Gasteiger partial charge in [-0.25, -0.2) is 0 Å². The maximum absolute atomic E-state index is 9.44. The highest BCUT2D eigenvalue weighted by atomic mass is 127. The van der Waals surface area contributed by atoms with Crippen LogP contribution in [0.1, 0.15) is 0 Å². The Balaban J connectivity index is 2.63. The van der Waals surface area contributed by atoms with Crippen molar-refractivity contribution in [2.24, 2.45) is 5.73 Å². The molecule has 5 N–H and O–H groups in total. The largest absolute Gasteiger partial charge is 0.394 e. The van der Waals surface area contributed by atoms with Crippen molar-refractivity contribution >= 4 is 22.6 Å². The van der Waals surface area contributed by atoms with E-state index >= 15 is 0 Å². The molecule has 1 aliphatic heterocycles.